The minimum Gasteiger partial charge on any atom is -0.396 e. The van der Waals surface area contributed by atoms with Crippen molar-refractivity contribution in [2.24, 2.45) is 0 Å². The molecule has 0 bridgehead atoms. The first kappa shape index (κ1) is 18.1. The van der Waals surface area contributed by atoms with Crippen molar-refractivity contribution in [2.75, 3.05) is 18.5 Å². The van der Waals surface area contributed by atoms with Gasteiger partial charge in [0.15, 0.2) is 5.82 Å². The number of unbranched alkanes of at least 4 members (excludes halogenated alkanes) is 1. The number of hydrogen-bond donors (Lipinski definition) is 2. The summed E-state index contributed by atoms with van der Waals surface area (Å²) < 4.78 is 8.01. The third-order valence-corrected chi connectivity index (χ3v) is 4.87. The molecule has 1 saturated heterocycles. The molecule has 2 aromatic heterocycles. The van der Waals surface area contributed by atoms with Gasteiger partial charge in [0.25, 0.3) is 0 Å². The summed E-state index contributed by atoms with van der Waals surface area (Å²) in [5.74, 6) is 1.64. The van der Waals surface area contributed by atoms with Crippen molar-refractivity contribution in [1.29, 1.82) is 0 Å². The van der Waals surface area contributed by atoms with Crippen LogP contribution in [0.2, 0.25) is 0 Å². The van der Waals surface area contributed by atoms with E-state index in [1.54, 1.807) is 0 Å². The fourth-order valence-electron chi connectivity index (χ4n) is 3.57. The van der Waals surface area contributed by atoms with Crippen LogP contribution in [0, 0.1) is 6.92 Å². The zero-order valence-corrected chi connectivity index (χ0v) is 15.4. The zero-order valence-electron chi connectivity index (χ0n) is 15.4. The Morgan fingerprint density at radius 1 is 1.40 bits per heavy atom. The van der Waals surface area contributed by atoms with Gasteiger partial charge in [-0.2, -0.15) is 0 Å². The predicted molar refractivity (Wildman–Crippen MR) is 99.9 cm³/mol. The quantitative estimate of drug-likeness (QED) is 0.729. The molecule has 0 radical (unpaired) electrons. The number of hydrogen-bond acceptors (Lipinski definition) is 5. The molecular weight excluding hydrogens is 316 g/mol. The highest BCUT2D eigenvalue weighted by molar-refractivity contribution is 5.86. The van der Waals surface area contributed by atoms with Gasteiger partial charge in [0.05, 0.1) is 11.6 Å². The summed E-state index contributed by atoms with van der Waals surface area (Å²) in [5.41, 5.74) is 2.01. The summed E-state index contributed by atoms with van der Waals surface area (Å²) in [6.45, 7) is 6.00. The third kappa shape index (κ3) is 4.50. The van der Waals surface area contributed by atoms with Crippen LogP contribution < -0.4 is 5.32 Å². The van der Waals surface area contributed by atoms with Crippen LogP contribution in [0.1, 0.15) is 51.3 Å². The van der Waals surface area contributed by atoms with E-state index in [0.717, 1.165) is 74.4 Å². The predicted octanol–water partition coefficient (Wildman–Crippen LogP) is 3.27. The molecule has 1 fully saturated rings. The molecule has 0 saturated carbocycles. The molecule has 3 heterocycles. The van der Waals surface area contributed by atoms with Crippen molar-refractivity contribution in [3.05, 3.63) is 18.1 Å². The van der Waals surface area contributed by atoms with Crippen LogP contribution in [0.5, 0.6) is 0 Å². The van der Waals surface area contributed by atoms with E-state index in [4.69, 9.17) is 4.74 Å². The van der Waals surface area contributed by atoms with Crippen LogP contribution in [-0.4, -0.2) is 45.0 Å². The number of nitrogens with one attached hydrogen (secondary N) is 1. The van der Waals surface area contributed by atoms with Gasteiger partial charge < -0.3 is 19.7 Å². The van der Waals surface area contributed by atoms with Gasteiger partial charge in [-0.05, 0) is 38.7 Å². The lowest BCUT2D eigenvalue weighted by Crippen LogP contribution is -2.23. The number of anilines is 1. The van der Waals surface area contributed by atoms with Gasteiger partial charge in [-0.1, -0.05) is 19.8 Å². The maximum atomic E-state index is 9.39. The average molecular weight is 346 g/mol. The number of nitrogens with zero attached hydrogens (tertiary/aromatic N) is 3. The van der Waals surface area contributed by atoms with Crippen LogP contribution in [0.15, 0.2) is 12.3 Å². The highest BCUT2D eigenvalue weighted by Crippen LogP contribution is 2.25. The molecule has 0 amide bonds. The second kappa shape index (κ2) is 8.63. The molecule has 2 aromatic rings. The minimum atomic E-state index is 0.186. The summed E-state index contributed by atoms with van der Waals surface area (Å²) in [7, 11) is 0. The lowest BCUT2D eigenvalue weighted by Gasteiger charge is -2.20. The monoisotopic (exact) mass is 346 g/mol. The topological polar surface area (TPSA) is 72.2 Å². The summed E-state index contributed by atoms with van der Waals surface area (Å²) in [4.78, 5) is 9.26. The Labute approximate surface area is 149 Å². The minimum absolute atomic E-state index is 0.186. The van der Waals surface area contributed by atoms with Crippen molar-refractivity contribution in [2.45, 2.75) is 71.1 Å². The van der Waals surface area contributed by atoms with Crippen molar-refractivity contribution in [1.82, 2.24) is 14.5 Å². The molecule has 6 nitrogen and oxygen atoms in total. The molecule has 3 rings (SSSR count). The van der Waals surface area contributed by atoms with E-state index < -0.39 is 0 Å². The van der Waals surface area contributed by atoms with Crippen molar-refractivity contribution < 1.29 is 9.84 Å². The lowest BCUT2D eigenvalue weighted by molar-refractivity contribution is 0.0980. The van der Waals surface area contributed by atoms with Crippen LogP contribution in [0.3, 0.4) is 0 Å². The molecular formula is C19H30N4O2. The SMILES string of the molecule is CCCCC(CCO)Nc1nc(C)nc2ccn(CC3CCCO3)c12. The standard InChI is InChI=1S/C19H30N4O2/c1-3-4-6-15(9-11-24)22-19-18-17(20-14(2)21-19)8-10-23(18)13-16-7-5-12-25-16/h8,10,15-16,24H,3-7,9,11-13H2,1-2H3,(H,20,21,22). The van der Waals surface area contributed by atoms with Crippen molar-refractivity contribution >= 4 is 16.9 Å². The van der Waals surface area contributed by atoms with Crippen molar-refractivity contribution in [3.63, 3.8) is 0 Å². The first-order chi connectivity index (χ1) is 12.2. The summed E-state index contributed by atoms with van der Waals surface area (Å²) in [5, 5.41) is 13.0. The highest BCUT2D eigenvalue weighted by Gasteiger charge is 2.20. The van der Waals surface area contributed by atoms with Gasteiger partial charge >= 0.3 is 0 Å². The largest absolute Gasteiger partial charge is 0.396 e. The van der Waals surface area contributed by atoms with Crippen LogP contribution in [-0.2, 0) is 11.3 Å². The second-order valence-electron chi connectivity index (χ2n) is 6.95. The summed E-state index contributed by atoms with van der Waals surface area (Å²) >= 11 is 0. The zero-order chi connectivity index (χ0) is 17.6. The molecule has 2 atom stereocenters. The number of aryl methyl sites for hydroxylation is 1. The van der Waals surface area contributed by atoms with Crippen LogP contribution in [0.4, 0.5) is 5.82 Å². The molecule has 138 valence electrons. The van der Waals surface area contributed by atoms with Crippen LogP contribution in [0.25, 0.3) is 11.0 Å². The van der Waals surface area contributed by atoms with E-state index in [-0.39, 0.29) is 18.8 Å². The molecule has 0 spiro atoms. The van der Waals surface area contributed by atoms with Gasteiger partial charge in [0.2, 0.25) is 0 Å². The third-order valence-electron chi connectivity index (χ3n) is 4.87. The molecule has 25 heavy (non-hydrogen) atoms. The van der Waals surface area contributed by atoms with Gasteiger partial charge in [0, 0.05) is 32.0 Å². The number of aromatic nitrogens is 3. The van der Waals surface area contributed by atoms with Crippen molar-refractivity contribution in [3.8, 4) is 0 Å². The normalized spacial score (nSPS) is 18.8. The summed E-state index contributed by atoms with van der Waals surface area (Å²) in [6.07, 6.45) is 8.67. The smallest absolute Gasteiger partial charge is 0.154 e. The first-order valence-corrected chi connectivity index (χ1v) is 9.53. The number of aliphatic hydroxyl groups is 1. The van der Waals surface area contributed by atoms with Crippen LogP contribution >= 0.6 is 0 Å². The number of aliphatic hydroxyl groups excluding tert-OH is 1. The molecule has 6 heteroatoms. The fraction of sp³-hybridized carbons (Fsp3) is 0.684. The van der Waals surface area contributed by atoms with Gasteiger partial charge in [-0.3, -0.25) is 0 Å². The molecule has 1 aliphatic heterocycles. The van der Waals surface area contributed by atoms with E-state index >= 15 is 0 Å². The Balaban J connectivity index is 1.87. The highest BCUT2D eigenvalue weighted by atomic mass is 16.5. The Kier molecular flexibility index (Phi) is 6.26. The maximum Gasteiger partial charge on any atom is 0.154 e. The lowest BCUT2D eigenvalue weighted by atomic mass is 10.1. The Morgan fingerprint density at radius 2 is 2.28 bits per heavy atom. The average Bonchev–Trinajstić information content (AvgIpc) is 3.23. The molecule has 0 aromatic carbocycles. The molecule has 0 aliphatic carbocycles. The Hall–Kier alpha value is -1.66. The van der Waals surface area contributed by atoms with Gasteiger partial charge in [0.1, 0.15) is 11.3 Å². The second-order valence-corrected chi connectivity index (χ2v) is 6.95. The Bertz CT molecular complexity index is 679. The molecule has 1 aliphatic rings. The number of fused-ring (bicyclic) bond motifs is 1. The van der Waals surface area contributed by atoms with Gasteiger partial charge in [-0.15, -0.1) is 0 Å². The number of ether oxygens (including phenoxy) is 1. The van der Waals surface area contributed by atoms with Gasteiger partial charge in [-0.25, -0.2) is 9.97 Å². The Morgan fingerprint density at radius 3 is 3.00 bits per heavy atom. The molecule has 2 unspecified atom stereocenters. The van der Waals surface area contributed by atoms with E-state index in [9.17, 15) is 5.11 Å². The molecule has 2 N–H and O–H groups in total. The van der Waals surface area contributed by atoms with E-state index in [1.807, 2.05) is 6.92 Å². The van der Waals surface area contributed by atoms with E-state index in [1.165, 1.54) is 0 Å². The maximum absolute atomic E-state index is 9.39. The fourth-order valence-corrected chi connectivity index (χ4v) is 3.57. The van der Waals surface area contributed by atoms with E-state index in [2.05, 4.69) is 39.0 Å². The summed E-state index contributed by atoms with van der Waals surface area (Å²) in [6, 6.07) is 2.28. The first-order valence-electron chi connectivity index (χ1n) is 9.53. The number of rotatable bonds is 9. The van der Waals surface area contributed by atoms with E-state index in [0.29, 0.717) is 0 Å².